The van der Waals surface area contributed by atoms with Crippen LogP contribution in [0.25, 0.3) is 77.9 Å². The molecule has 0 aliphatic heterocycles. The van der Waals surface area contributed by atoms with Crippen LogP contribution in [0.3, 0.4) is 0 Å². The molecule has 0 saturated heterocycles. The Balaban J connectivity index is 1.23. The van der Waals surface area contributed by atoms with Crippen LogP contribution in [0.15, 0.2) is 249 Å². The van der Waals surface area contributed by atoms with Crippen molar-refractivity contribution in [2.45, 2.75) is 25.7 Å². The van der Waals surface area contributed by atoms with Gasteiger partial charge in [-0.25, -0.2) is 0 Å². The summed E-state index contributed by atoms with van der Waals surface area (Å²) in [5.41, 5.74) is 32.2. The van der Waals surface area contributed by atoms with Gasteiger partial charge in [-0.05, 0) is 130 Å². The van der Waals surface area contributed by atoms with Gasteiger partial charge in [0.25, 0.3) is 0 Å². The second kappa shape index (κ2) is 17.0. The topological polar surface area (TPSA) is 3.24 Å². The summed E-state index contributed by atoms with van der Waals surface area (Å²) in [4.78, 5) is 2.86. The van der Waals surface area contributed by atoms with Gasteiger partial charge in [-0.15, -0.1) is 0 Å². The second-order valence-corrected chi connectivity index (χ2v) is 19.4. The minimum atomic E-state index is 0.777. The molecule has 3 aliphatic carbocycles. The molecule has 14 rings (SSSR count). The summed E-state index contributed by atoms with van der Waals surface area (Å²) >= 11 is 0. The molecular formula is C70H49N. The maximum Gasteiger partial charge on any atom is 0.0588 e. The van der Waals surface area contributed by atoms with E-state index in [1.54, 1.807) is 0 Å². The van der Waals surface area contributed by atoms with E-state index in [1.807, 2.05) is 0 Å². The van der Waals surface area contributed by atoms with E-state index in [2.05, 4.69) is 254 Å². The smallest absolute Gasteiger partial charge is 0.0588 e. The van der Waals surface area contributed by atoms with Crippen LogP contribution in [0.1, 0.15) is 44.5 Å². The predicted octanol–water partition coefficient (Wildman–Crippen LogP) is 18.1. The Morgan fingerprint density at radius 1 is 0.268 bits per heavy atom. The highest BCUT2D eigenvalue weighted by molar-refractivity contribution is 6.10. The third-order valence-electron chi connectivity index (χ3n) is 15.4. The summed E-state index contributed by atoms with van der Waals surface area (Å²) in [7, 11) is 0. The zero-order valence-corrected chi connectivity index (χ0v) is 39.4. The van der Waals surface area contributed by atoms with E-state index in [0.717, 1.165) is 25.7 Å². The lowest BCUT2D eigenvalue weighted by atomic mass is 9.83. The number of rotatable bonds is 9. The highest BCUT2D eigenvalue weighted by atomic mass is 15.2. The van der Waals surface area contributed by atoms with E-state index in [-0.39, 0.29) is 0 Å². The Morgan fingerprint density at radius 3 is 1.06 bits per heavy atom. The van der Waals surface area contributed by atoms with Gasteiger partial charge in [-0.2, -0.15) is 0 Å². The van der Waals surface area contributed by atoms with Crippen molar-refractivity contribution < 1.29 is 0 Å². The van der Waals surface area contributed by atoms with Crippen LogP contribution < -0.4 is 4.90 Å². The summed E-state index contributed by atoms with van der Waals surface area (Å²) < 4.78 is 0. The Labute approximate surface area is 416 Å². The van der Waals surface area contributed by atoms with E-state index in [9.17, 15) is 0 Å². The van der Waals surface area contributed by atoms with Gasteiger partial charge in [0.2, 0.25) is 0 Å². The zero-order chi connectivity index (χ0) is 46.8. The standard InChI is InChI=1S/C70H49N/c1-6-22-46(23-7-1)40-54-38-39-58-55-35-19-16-32-51(55)41-63(58)68(54)71(69-64-42-52-33-17-20-36-56(52)61(64)44-59(47-24-8-2-9-25-47)66(69)49-28-12-4-13-29-49)70-65-43-53-34-18-21-37-57(53)62(65)45-60(48-26-10-3-11-27-48)67(70)50-30-14-5-15-31-50/h1-39,44-45H,40-43H2. The molecule has 3 aliphatic rings. The first kappa shape index (κ1) is 41.2. The SMILES string of the molecule is c1ccc(Cc2ccc3c(c2N(c2c4c(cc(-c5ccccc5)c2-c2ccccc2)-c2ccccc2C4)c2c4c(cc(-c5ccccc5)c2-c2ccccc2)-c2ccccc2C4)Cc2ccccc2-3)cc1. The fourth-order valence-electron chi connectivity index (χ4n) is 12.3. The molecule has 0 heterocycles. The molecule has 0 unspecified atom stereocenters. The molecule has 334 valence electrons. The van der Waals surface area contributed by atoms with Crippen molar-refractivity contribution in [3.05, 3.63) is 293 Å². The van der Waals surface area contributed by atoms with Crippen LogP contribution in [0.5, 0.6) is 0 Å². The fourth-order valence-corrected chi connectivity index (χ4v) is 12.3. The van der Waals surface area contributed by atoms with Crippen LogP contribution in [-0.4, -0.2) is 0 Å². The number of fused-ring (bicyclic) bond motifs is 9. The molecule has 0 atom stereocenters. The lowest BCUT2D eigenvalue weighted by Crippen LogP contribution is -2.21. The molecule has 0 amide bonds. The molecule has 0 bridgehead atoms. The average molecular weight is 904 g/mol. The lowest BCUT2D eigenvalue weighted by Gasteiger charge is -2.38. The van der Waals surface area contributed by atoms with Crippen LogP contribution in [0, 0.1) is 0 Å². The molecule has 0 fully saturated rings. The molecule has 0 spiro atoms. The third-order valence-corrected chi connectivity index (χ3v) is 15.4. The number of nitrogens with zero attached hydrogens (tertiary/aromatic N) is 1. The molecule has 0 saturated carbocycles. The van der Waals surface area contributed by atoms with Gasteiger partial charge >= 0.3 is 0 Å². The monoisotopic (exact) mass is 903 g/mol. The maximum atomic E-state index is 2.86. The molecule has 1 heteroatoms. The molecule has 11 aromatic rings. The van der Waals surface area contributed by atoms with E-state index in [1.165, 1.54) is 139 Å². The number of anilines is 3. The molecule has 1 nitrogen and oxygen atoms in total. The lowest BCUT2D eigenvalue weighted by molar-refractivity contribution is 1.10. The van der Waals surface area contributed by atoms with Gasteiger partial charge in [0.15, 0.2) is 0 Å². The van der Waals surface area contributed by atoms with E-state index >= 15 is 0 Å². The first-order valence-electron chi connectivity index (χ1n) is 25.1. The van der Waals surface area contributed by atoms with Gasteiger partial charge in [0.05, 0.1) is 17.1 Å². The van der Waals surface area contributed by atoms with Crippen LogP contribution in [0.2, 0.25) is 0 Å². The van der Waals surface area contributed by atoms with E-state index in [4.69, 9.17) is 0 Å². The van der Waals surface area contributed by atoms with Crippen molar-refractivity contribution in [2.24, 2.45) is 0 Å². The largest absolute Gasteiger partial charge is 0.308 e. The maximum absolute atomic E-state index is 2.86. The Morgan fingerprint density at radius 2 is 0.620 bits per heavy atom. The molecule has 0 aromatic heterocycles. The first-order chi connectivity index (χ1) is 35.2. The normalized spacial score (nSPS) is 12.4. The molecule has 0 N–H and O–H groups in total. The van der Waals surface area contributed by atoms with Crippen molar-refractivity contribution >= 4 is 17.1 Å². The Bertz CT molecular complexity index is 3650. The van der Waals surface area contributed by atoms with Gasteiger partial charge in [0, 0.05) is 30.4 Å². The van der Waals surface area contributed by atoms with Gasteiger partial charge in [0.1, 0.15) is 0 Å². The van der Waals surface area contributed by atoms with Gasteiger partial charge < -0.3 is 4.90 Å². The van der Waals surface area contributed by atoms with Crippen LogP contribution in [0.4, 0.5) is 17.1 Å². The summed E-state index contributed by atoms with van der Waals surface area (Å²) in [6.07, 6.45) is 3.25. The molecule has 71 heavy (non-hydrogen) atoms. The molecule has 0 radical (unpaired) electrons. The van der Waals surface area contributed by atoms with Crippen molar-refractivity contribution in [3.63, 3.8) is 0 Å². The summed E-state index contributed by atoms with van der Waals surface area (Å²) in [5.74, 6) is 0. The third kappa shape index (κ3) is 6.84. The van der Waals surface area contributed by atoms with E-state index < -0.39 is 0 Å². The second-order valence-electron chi connectivity index (χ2n) is 19.4. The Hall–Kier alpha value is -8.78. The highest BCUT2D eigenvalue weighted by Crippen LogP contribution is 2.61. The molecule has 11 aromatic carbocycles. The minimum absolute atomic E-state index is 0.777. The zero-order valence-electron chi connectivity index (χ0n) is 39.4. The van der Waals surface area contributed by atoms with Gasteiger partial charge in [-0.1, -0.05) is 237 Å². The van der Waals surface area contributed by atoms with Crippen molar-refractivity contribution in [3.8, 4) is 77.9 Å². The fraction of sp³-hybridized carbons (Fsp3) is 0.0571. The van der Waals surface area contributed by atoms with Crippen molar-refractivity contribution in [1.29, 1.82) is 0 Å². The van der Waals surface area contributed by atoms with Crippen molar-refractivity contribution in [2.75, 3.05) is 4.90 Å². The average Bonchev–Trinajstić information content (AvgIpc) is 4.14. The number of benzene rings is 11. The number of hydrogen-bond donors (Lipinski definition) is 0. The van der Waals surface area contributed by atoms with Crippen LogP contribution in [-0.2, 0) is 25.7 Å². The first-order valence-corrected chi connectivity index (χ1v) is 25.1. The predicted molar refractivity (Wildman–Crippen MR) is 297 cm³/mol. The quantitative estimate of drug-likeness (QED) is 0.139. The number of hydrogen-bond acceptors (Lipinski definition) is 1. The van der Waals surface area contributed by atoms with Crippen LogP contribution >= 0.6 is 0 Å². The highest BCUT2D eigenvalue weighted by Gasteiger charge is 2.39. The summed E-state index contributed by atoms with van der Waals surface area (Å²) in [5, 5.41) is 0. The Kier molecular flexibility index (Phi) is 9.88. The summed E-state index contributed by atoms with van der Waals surface area (Å²) in [6, 6.07) is 93.3. The van der Waals surface area contributed by atoms with Gasteiger partial charge in [-0.3, -0.25) is 0 Å². The van der Waals surface area contributed by atoms with Crippen molar-refractivity contribution in [1.82, 2.24) is 0 Å². The summed E-state index contributed by atoms with van der Waals surface area (Å²) in [6.45, 7) is 0. The molecular weight excluding hydrogens is 855 g/mol. The van der Waals surface area contributed by atoms with E-state index in [0.29, 0.717) is 0 Å². The minimum Gasteiger partial charge on any atom is -0.308 e.